The second-order valence-corrected chi connectivity index (χ2v) is 3.09. The third-order valence-electron chi connectivity index (χ3n) is 2.05. The molecular weight excluding hydrogens is 198 g/mol. The van der Waals surface area contributed by atoms with Crippen LogP contribution in [0.15, 0.2) is 16.7 Å². The standard InChI is InChI=1S/C10H15NO4/c1-8-4-5-15-9(8)6-14-7-10(12)11(2)13-3/h4-5H,6-7H2,1-3H3. The summed E-state index contributed by atoms with van der Waals surface area (Å²) in [5.74, 6) is 0.504. The lowest BCUT2D eigenvalue weighted by Crippen LogP contribution is -2.29. The molecule has 5 heteroatoms. The lowest BCUT2D eigenvalue weighted by Gasteiger charge is -2.13. The maximum Gasteiger partial charge on any atom is 0.271 e. The van der Waals surface area contributed by atoms with Crippen molar-refractivity contribution in [1.82, 2.24) is 5.06 Å². The number of likely N-dealkylation sites (N-methyl/N-ethyl adjacent to an activating group) is 1. The first-order chi connectivity index (χ1) is 7.15. The molecule has 0 radical (unpaired) electrons. The zero-order valence-electron chi connectivity index (χ0n) is 9.15. The molecule has 0 spiro atoms. The summed E-state index contributed by atoms with van der Waals surface area (Å²) < 4.78 is 10.3. The van der Waals surface area contributed by atoms with Gasteiger partial charge >= 0.3 is 0 Å². The summed E-state index contributed by atoms with van der Waals surface area (Å²) in [6.45, 7) is 2.19. The van der Waals surface area contributed by atoms with Gasteiger partial charge in [-0.15, -0.1) is 0 Å². The van der Waals surface area contributed by atoms with Crippen molar-refractivity contribution < 1.29 is 18.8 Å². The first-order valence-electron chi connectivity index (χ1n) is 4.56. The normalized spacial score (nSPS) is 10.3. The highest BCUT2D eigenvalue weighted by Crippen LogP contribution is 2.09. The number of nitrogens with zero attached hydrogens (tertiary/aromatic N) is 1. The molecule has 0 aliphatic heterocycles. The SMILES string of the molecule is CON(C)C(=O)COCc1occc1C. The lowest BCUT2D eigenvalue weighted by atomic mass is 10.3. The number of rotatable bonds is 5. The number of hydrogen-bond donors (Lipinski definition) is 0. The monoisotopic (exact) mass is 213 g/mol. The Hall–Kier alpha value is -1.33. The van der Waals surface area contributed by atoms with Crippen LogP contribution in [0, 0.1) is 6.92 Å². The van der Waals surface area contributed by atoms with Crippen LogP contribution in [0.1, 0.15) is 11.3 Å². The van der Waals surface area contributed by atoms with Gasteiger partial charge in [0.1, 0.15) is 19.0 Å². The van der Waals surface area contributed by atoms with Gasteiger partial charge in [-0.1, -0.05) is 0 Å². The number of ether oxygens (including phenoxy) is 1. The number of hydroxylamine groups is 2. The fourth-order valence-electron chi connectivity index (χ4n) is 0.976. The molecule has 0 saturated heterocycles. The van der Waals surface area contributed by atoms with Crippen molar-refractivity contribution in [3.05, 3.63) is 23.7 Å². The topological polar surface area (TPSA) is 51.9 Å². The van der Waals surface area contributed by atoms with Gasteiger partial charge in [-0.2, -0.15) is 0 Å². The lowest BCUT2D eigenvalue weighted by molar-refractivity contribution is -0.173. The Balaban J connectivity index is 2.28. The van der Waals surface area contributed by atoms with Crippen LogP contribution in [0.5, 0.6) is 0 Å². The van der Waals surface area contributed by atoms with Crippen LogP contribution in [-0.4, -0.2) is 31.7 Å². The van der Waals surface area contributed by atoms with E-state index in [0.29, 0.717) is 6.61 Å². The van der Waals surface area contributed by atoms with Gasteiger partial charge in [-0.05, 0) is 18.6 Å². The Morgan fingerprint density at radius 1 is 1.60 bits per heavy atom. The molecule has 5 nitrogen and oxygen atoms in total. The van der Waals surface area contributed by atoms with Gasteiger partial charge in [0.05, 0.1) is 13.4 Å². The van der Waals surface area contributed by atoms with Crippen LogP contribution in [0.3, 0.4) is 0 Å². The predicted molar refractivity (Wildman–Crippen MR) is 52.9 cm³/mol. The minimum absolute atomic E-state index is 0.0233. The van der Waals surface area contributed by atoms with Crippen LogP contribution < -0.4 is 0 Å². The van der Waals surface area contributed by atoms with Crippen molar-refractivity contribution in [2.24, 2.45) is 0 Å². The van der Waals surface area contributed by atoms with E-state index >= 15 is 0 Å². The quantitative estimate of drug-likeness (QED) is 0.688. The number of carbonyl (C=O) groups is 1. The van der Waals surface area contributed by atoms with Gasteiger partial charge < -0.3 is 9.15 Å². The number of amides is 1. The third kappa shape index (κ3) is 3.38. The van der Waals surface area contributed by atoms with E-state index in [1.54, 1.807) is 6.26 Å². The van der Waals surface area contributed by atoms with Gasteiger partial charge in [0.2, 0.25) is 0 Å². The zero-order valence-corrected chi connectivity index (χ0v) is 9.15. The second kappa shape index (κ2) is 5.53. The largest absolute Gasteiger partial charge is 0.467 e. The van der Waals surface area contributed by atoms with Crippen LogP contribution in [0.25, 0.3) is 0 Å². The van der Waals surface area contributed by atoms with Crippen LogP contribution >= 0.6 is 0 Å². The number of aryl methyl sites for hydroxylation is 1. The van der Waals surface area contributed by atoms with Crippen molar-refractivity contribution in [3.8, 4) is 0 Å². The summed E-state index contributed by atoms with van der Waals surface area (Å²) in [7, 11) is 2.96. The molecular formula is C10H15NO4. The second-order valence-electron chi connectivity index (χ2n) is 3.09. The van der Waals surface area contributed by atoms with E-state index < -0.39 is 0 Å². The molecule has 15 heavy (non-hydrogen) atoms. The Kier molecular flexibility index (Phi) is 4.33. The minimum Gasteiger partial charge on any atom is -0.467 e. The van der Waals surface area contributed by atoms with Gasteiger partial charge in [-0.25, -0.2) is 5.06 Å². The Labute approximate surface area is 88.5 Å². The van der Waals surface area contributed by atoms with Crippen molar-refractivity contribution >= 4 is 5.91 Å². The summed E-state index contributed by atoms with van der Waals surface area (Å²) >= 11 is 0. The summed E-state index contributed by atoms with van der Waals surface area (Å²) in [5.41, 5.74) is 1.02. The van der Waals surface area contributed by atoms with E-state index in [-0.39, 0.29) is 12.5 Å². The molecule has 0 fully saturated rings. The Morgan fingerprint density at radius 3 is 2.87 bits per heavy atom. The molecule has 1 amide bonds. The molecule has 0 aliphatic rings. The molecule has 0 aromatic carbocycles. The van der Waals surface area contributed by atoms with Gasteiger partial charge in [-0.3, -0.25) is 9.63 Å². The summed E-state index contributed by atoms with van der Waals surface area (Å²) in [5, 5.41) is 1.12. The van der Waals surface area contributed by atoms with Gasteiger partial charge in [0.25, 0.3) is 5.91 Å². The van der Waals surface area contributed by atoms with Crippen LogP contribution in [-0.2, 0) is 21.0 Å². The number of hydrogen-bond acceptors (Lipinski definition) is 4. The Morgan fingerprint density at radius 2 is 2.33 bits per heavy atom. The maximum absolute atomic E-state index is 11.2. The molecule has 0 N–H and O–H groups in total. The van der Waals surface area contributed by atoms with Crippen LogP contribution in [0.2, 0.25) is 0 Å². The molecule has 1 aromatic rings. The molecule has 0 bridgehead atoms. The maximum atomic E-state index is 11.2. The Bertz CT molecular complexity index is 321. The molecule has 84 valence electrons. The third-order valence-corrected chi connectivity index (χ3v) is 2.05. The number of carbonyl (C=O) groups excluding carboxylic acids is 1. The van der Waals surface area contributed by atoms with E-state index in [1.165, 1.54) is 14.2 Å². The first kappa shape index (κ1) is 11.7. The van der Waals surface area contributed by atoms with Crippen LogP contribution in [0.4, 0.5) is 0 Å². The van der Waals surface area contributed by atoms with Crippen molar-refractivity contribution in [2.45, 2.75) is 13.5 Å². The van der Waals surface area contributed by atoms with E-state index in [2.05, 4.69) is 0 Å². The summed E-state index contributed by atoms with van der Waals surface area (Å²) in [4.78, 5) is 15.9. The fraction of sp³-hybridized carbons (Fsp3) is 0.500. The number of furan rings is 1. The molecule has 0 saturated carbocycles. The predicted octanol–water partition coefficient (Wildman–Crippen LogP) is 1.12. The van der Waals surface area contributed by atoms with E-state index in [4.69, 9.17) is 14.0 Å². The van der Waals surface area contributed by atoms with E-state index in [9.17, 15) is 4.79 Å². The van der Waals surface area contributed by atoms with E-state index in [1.807, 2.05) is 13.0 Å². The smallest absolute Gasteiger partial charge is 0.271 e. The average Bonchev–Trinajstić information content (AvgIpc) is 2.63. The van der Waals surface area contributed by atoms with Gasteiger partial charge in [0, 0.05) is 7.05 Å². The highest BCUT2D eigenvalue weighted by Gasteiger charge is 2.09. The van der Waals surface area contributed by atoms with Crippen molar-refractivity contribution in [3.63, 3.8) is 0 Å². The van der Waals surface area contributed by atoms with E-state index in [0.717, 1.165) is 16.4 Å². The zero-order chi connectivity index (χ0) is 11.3. The molecule has 0 aliphatic carbocycles. The average molecular weight is 213 g/mol. The minimum atomic E-state index is -0.235. The highest BCUT2D eigenvalue weighted by molar-refractivity contribution is 5.75. The molecule has 0 unspecified atom stereocenters. The molecule has 1 heterocycles. The summed E-state index contributed by atoms with van der Waals surface area (Å²) in [6.07, 6.45) is 1.59. The molecule has 1 aromatic heterocycles. The highest BCUT2D eigenvalue weighted by atomic mass is 16.7. The molecule has 0 atom stereocenters. The van der Waals surface area contributed by atoms with Crippen molar-refractivity contribution in [2.75, 3.05) is 20.8 Å². The molecule has 1 rings (SSSR count). The summed E-state index contributed by atoms with van der Waals surface area (Å²) in [6, 6.07) is 1.85. The first-order valence-corrected chi connectivity index (χ1v) is 4.56. The van der Waals surface area contributed by atoms with Crippen molar-refractivity contribution in [1.29, 1.82) is 0 Å². The van der Waals surface area contributed by atoms with Gasteiger partial charge in [0.15, 0.2) is 0 Å². The fourth-order valence-corrected chi connectivity index (χ4v) is 0.976.